The van der Waals surface area contributed by atoms with Gasteiger partial charge in [-0.15, -0.1) is 0 Å². The normalized spacial score (nSPS) is 17.7. The summed E-state index contributed by atoms with van der Waals surface area (Å²) in [7, 11) is -3.44. The zero-order chi connectivity index (χ0) is 10.3. The standard InChI is InChI=1S/C9H7FO2S2/c10-7-2-1-3-8-9(7)6(4-13)5-14(8,11)12/h1-3,5,13H,4H2. The van der Waals surface area contributed by atoms with Gasteiger partial charge in [-0.25, -0.2) is 12.8 Å². The first-order valence-electron chi connectivity index (χ1n) is 3.91. The lowest BCUT2D eigenvalue weighted by Gasteiger charge is -2.01. The van der Waals surface area contributed by atoms with Crippen LogP contribution in [0.15, 0.2) is 28.5 Å². The van der Waals surface area contributed by atoms with Crippen LogP contribution in [0, 0.1) is 5.82 Å². The van der Waals surface area contributed by atoms with E-state index in [9.17, 15) is 12.8 Å². The summed E-state index contributed by atoms with van der Waals surface area (Å²) in [5, 5.41) is 1.08. The van der Waals surface area contributed by atoms with E-state index < -0.39 is 15.7 Å². The van der Waals surface area contributed by atoms with E-state index in [4.69, 9.17) is 0 Å². The maximum absolute atomic E-state index is 13.3. The number of benzene rings is 1. The Morgan fingerprint density at radius 1 is 1.36 bits per heavy atom. The summed E-state index contributed by atoms with van der Waals surface area (Å²) in [6, 6.07) is 4.04. The molecular weight excluding hydrogens is 223 g/mol. The van der Waals surface area contributed by atoms with Crippen molar-refractivity contribution < 1.29 is 12.8 Å². The second kappa shape index (κ2) is 3.10. The third-order valence-electron chi connectivity index (χ3n) is 2.07. The molecule has 0 N–H and O–H groups in total. The van der Waals surface area contributed by atoms with Crippen LogP contribution < -0.4 is 0 Å². The first-order chi connectivity index (χ1) is 6.56. The highest BCUT2D eigenvalue weighted by atomic mass is 32.2. The van der Waals surface area contributed by atoms with E-state index in [1.54, 1.807) is 0 Å². The molecule has 1 aromatic carbocycles. The van der Waals surface area contributed by atoms with Crippen LogP contribution in [0.2, 0.25) is 0 Å². The van der Waals surface area contributed by atoms with Gasteiger partial charge in [-0.3, -0.25) is 0 Å². The van der Waals surface area contributed by atoms with Crippen LogP contribution in [0.3, 0.4) is 0 Å². The molecule has 2 nitrogen and oxygen atoms in total. The third-order valence-corrected chi connectivity index (χ3v) is 3.96. The minimum atomic E-state index is -3.44. The summed E-state index contributed by atoms with van der Waals surface area (Å²) in [6.45, 7) is 0. The summed E-state index contributed by atoms with van der Waals surface area (Å²) in [5.74, 6) is -0.295. The van der Waals surface area contributed by atoms with Gasteiger partial charge in [0.25, 0.3) is 0 Å². The fourth-order valence-electron chi connectivity index (χ4n) is 1.48. The monoisotopic (exact) mass is 230 g/mol. The number of sulfone groups is 1. The van der Waals surface area contributed by atoms with Crippen LogP contribution in [-0.2, 0) is 9.84 Å². The first kappa shape index (κ1) is 9.73. The van der Waals surface area contributed by atoms with Gasteiger partial charge in [0.15, 0.2) is 0 Å². The van der Waals surface area contributed by atoms with E-state index in [0.717, 1.165) is 5.41 Å². The van der Waals surface area contributed by atoms with Crippen molar-refractivity contribution in [1.29, 1.82) is 0 Å². The van der Waals surface area contributed by atoms with E-state index >= 15 is 0 Å². The summed E-state index contributed by atoms with van der Waals surface area (Å²) in [4.78, 5) is 0.0431. The lowest BCUT2D eigenvalue weighted by molar-refractivity contribution is 0.599. The van der Waals surface area contributed by atoms with Crippen LogP contribution in [-0.4, -0.2) is 14.2 Å². The average molecular weight is 230 g/mol. The molecule has 14 heavy (non-hydrogen) atoms. The van der Waals surface area contributed by atoms with E-state index in [2.05, 4.69) is 12.6 Å². The first-order valence-corrected chi connectivity index (χ1v) is 6.09. The van der Waals surface area contributed by atoms with Gasteiger partial charge < -0.3 is 0 Å². The molecule has 0 saturated heterocycles. The van der Waals surface area contributed by atoms with Crippen LogP contribution in [0.1, 0.15) is 5.56 Å². The Hall–Kier alpha value is -0.810. The number of hydrogen-bond donors (Lipinski definition) is 1. The second-order valence-corrected chi connectivity index (χ2v) is 5.04. The van der Waals surface area contributed by atoms with Crippen molar-refractivity contribution in [2.24, 2.45) is 0 Å². The zero-order valence-corrected chi connectivity index (χ0v) is 8.78. The molecule has 1 aliphatic heterocycles. The van der Waals surface area contributed by atoms with Crippen molar-refractivity contribution >= 4 is 28.0 Å². The highest BCUT2D eigenvalue weighted by Gasteiger charge is 2.28. The smallest absolute Gasteiger partial charge is 0.200 e. The molecule has 0 atom stereocenters. The minimum absolute atomic E-state index is 0.0431. The van der Waals surface area contributed by atoms with E-state index in [1.165, 1.54) is 18.2 Å². The van der Waals surface area contributed by atoms with Crippen molar-refractivity contribution in [2.45, 2.75) is 4.90 Å². The second-order valence-electron chi connectivity index (χ2n) is 2.96. The molecule has 1 aromatic rings. The summed E-state index contributed by atoms with van der Waals surface area (Å²) in [6.07, 6.45) is 0. The average Bonchev–Trinajstić information content (AvgIpc) is 2.40. The van der Waals surface area contributed by atoms with Crippen LogP contribution in [0.4, 0.5) is 4.39 Å². The van der Waals surface area contributed by atoms with Crippen LogP contribution in [0.5, 0.6) is 0 Å². The third kappa shape index (κ3) is 1.27. The molecule has 0 bridgehead atoms. The topological polar surface area (TPSA) is 34.1 Å². The Balaban J connectivity index is 2.82. The molecule has 0 aromatic heterocycles. The highest BCUT2D eigenvalue weighted by Crippen LogP contribution is 2.35. The lowest BCUT2D eigenvalue weighted by atomic mass is 10.1. The molecular formula is C9H7FO2S2. The summed E-state index contributed by atoms with van der Waals surface area (Å²) in [5.41, 5.74) is 0.587. The quantitative estimate of drug-likeness (QED) is 0.747. The molecule has 1 aliphatic rings. The van der Waals surface area contributed by atoms with Gasteiger partial charge in [0, 0.05) is 16.7 Å². The molecule has 5 heteroatoms. The Labute approximate surface area is 86.8 Å². The predicted octanol–water partition coefficient (Wildman–Crippen LogP) is 1.88. The molecule has 0 spiro atoms. The predicted molar refractivity (Wildman–Crippen MR) is 55.4 cm³/mol. The van der Waals surface area contributed by atoms with Crippen molar-refractivity contribution in [1.82, 2.24) is 0 Å². The number of fused-ring (bicyclic) bond motifs is 1. The number of thiol groups is 1. The number of halogens is 1. The SMILES string of the molecule is O=S1(=O)C=C(CS)c2c(F)cccc21. The summed E-state index contributed by atoms with van der Waals surface area (Å²) >= 11 is 3.97. The maximum Gasteiger partial charge on any atom is 0.200 e. The van der Waals surface area contributed by atoms with Gasteiger partial charge in [-0.1, -0.05) is 6.07 Å². The van der Waals surface area contributed by atoms with Gasteiger partial charge in [-0.05, 0) is 17.7 Å². The molecule has 2 rings (SSSR count). The fraction of sp³-hybridized carbons (Fsp3) is 0.111. The molecule has 0 saturated carbocycles. The number of hydrogen-bond acceptors (Lipinski definition) is 3. The van der Waals surface area contributed by atoms with Gasteiger partial charge in [0.05, 0.1) is 4.90 Å². The van der Waals surface area contributed by atoms with Crippen molar-refractivity contribution in [2.75, 3.05) is 5.75 Å². The van der Waals surface area contributed by atoms with E-state index in [0.29, 0.717) is 5.57 Å². The minimum Gasteiger partial charge on any atom is -0.219 e. The fourth-order valence-corrected chi connectivity index (χ4v) is 3.34. The number of rotatable bonds is 1. The molecule has 0 aliphatic carbocycles. The molecule has 1 heterocycles. The highest BCUT2D eigenvalue weighted by molar-refractivity contribution is 7.95. The maximum atomic E-state index is 13.3. The summed E-state index contributed by atoms with van der Waals surface area (Å²) < 4.78 is 36.3. The molecule has 74 valence electrons. The molecule has 0 unspecified atom stereocenters. The van der Waals surface area contributed by atoms with Crippen LogP contribution in [0.25, 0.3) is 5.57 Å². The van der Waals surface area contributed by atoms with Crippen LogP contribution >= 0.6 is 12.6 Å². The lowest BCUT2D eigenvalue weighted by Crippen LogP contribution is -1.95. The Morgan fingerprint density at radius 3 is 2.71 bits per heavy atom. The zero-order valence-electron chi connectivity index (χ0n) is 7.07. The van der Waals surface area contributed by atoms with E-state index in [-0.39, 0.29) is 16.2 Å². The molecule has 0 fully saturated rings. The Morgan fingerprint density at radius 2 is 2.07 bits per heavy atom. The van der Waals surface area contributed by atoms with Gasteiger partial charge in [0.2, 0.25) is 9.84 Å². The van der Waals surface area contributed by atoms with Crippen molar-refractivity contribution in [3.63, 3.8) is 0 Å². The largest absolute Gasteiger partial charge is 0.219 e. The van der Waals surface area contributed by atoms with Crippen molar-refractivity contribution in [3.05, 3.63) is 35.0 Å². The van der Waals surface area contributed by atoms with Gasteiger partial charge in [-0.2, -0.15) is 12.6 Å². The van der Waals surface area contributed by atoms with E-state index in [1.807, 2.05) is 0 Å². The Kier molecular flexibility index (Phi) is 2.16. The molecule has 0 radical (unpaired) electrons. The van der Waals surface area contributed by atoms with Gasteiger partial charge in [0.1, 0.15) is 5.82 Å². The molecule has 0 amide bonds. The van der Waals surface area contributed by atoms with Gasteiger partial charge >= 0.3 is 0 Å². The Bertz CT molecular complexity index is 518. The van der Waals surface area contributed by atoms with Crippen molar-refractivity contribution in [3.8, 4) is 0 Å².